The zero-order valence-electron chi connectivity index (χ0n) is 11.2. The Balaban J connectivity index is 1.73. The maximum absolute atomic E-state index is 11.8. The fourth-order valence-corrected chi connectivity index (χ4v) is 2.56. The molecule has 2 rings (SSSR count). The first-order chi connectivity index (χ1) is 9.13. The van der Waals surface area contributed by atoms with Gasteiger partial charge in [-0.05, 0) is 49.8 Å². The molecule has 1 aromatic rings. The fourth-order valence-electron chi connectivity index (χ4n) is 2.38. The number of hydrogen-bond acceptors (Lipinski definition) is 2. The first kappa shape index (κ1) is 14.2. The van der Waals surface area contributed by atoms with E-state index in [9.17, 15) is 4.79 Å². The summed E-state index contributed by atoms with van der Waals surface area (Å²) in [4.78, 5) is 11.8. The van der Waals surface area contributed by atoms with Crippen LogP contribution in [0.5, 0.6) is 5.75 Å². The van der Waals surface area contributed by atoms with Gasteiger partial charge in [0.2, 0.25) is 0 Å². The summed E-state index contributed by atoms with van der Waals surface area (Å²) in [7, 11) is 0. The van der Waals surface area contributed by atoms with Gasteiger partial charge >= 0.3 is 0 Å². The summed E-state index contributed by atoms with van der Waals surface area (Å²) in [5, 5.41) is 3.64. The Morgan fingerprint density at radius 3 is 2.79 bits per heavy atom. The first-order valence-electron chi connectivity index (χ1n) is 6.81. The number of halogens is 1. The van der Waals surface area contributed by atoms with Crippen LogP contribution in [-0.2, 0) is 4.79 Å². The molecule has 104 valence electrons. The molecule has 0 unspecified atom stereocenters. The van der Waals surface area contributed by atoms with Gasteiger partial charge in [-0.2, -0.15) is 0 Å². The number of carbonyl (C=O) groups is 1. The number of ether oxygens (including phenoxy) is 1. The van der Waals surface area contributed by atoms with E-state index >= 15 is 0 Å². The Morgan fingerprint density at radius 2 is 2.11 bits per heavy atom. The normalized spacial score (nSPS) is 22.8. The van der Waals surface area contributed by atoms with Gasteiger partial charge in [-0.1, -0.05) is 24.6 Å². The quantitative estimate of drug-likeness (QED) is 0.918. The van der Waals surface area contributed by atoms with Crippen molar-refractivity contribution in [2.45, 2.75) is 38.6 Å². The summed E-state index contributed by atoms with van der Waals surface area (Å²) in [6.45, 7) is 2.31. The molecule has 1 fully saturated rings. The third-order valence-electron chi connectivity index (χ3n) is 3.55. The Kier molecular flexibility index (Phi) is 5.08. The number of benzene rings is 1. The van der Waals surface area contributed by atoms with Crippen LogP contribution in [0.25, 0.3) is 0 Å². The molecule has 0 aromatic heterocycles. The highest BCUT2D eigenvalue weighted by Crippen LogP contribution is 2.23. The van der Waals surface area contributed by atoms with Gasteiger partial charge in [0.15, 0.2) is 6.61 Å². The van der Waals surface area contributed by atoms with Gasteiger partial charge in [0.25, 0.3) is 5.91 Å². The van der Waals surface area contributed by atoms with Crippen molar-refractivity contribution < 1.29 is 9.53 Å². The van der Waals surface area contributed by atoms with Crippen LogP contribution < -0.4 is 10.1 Å². The van der Waals surface area contributed by atoms with Crippen LogP contribution in [-0.4, -0.2) is 18.6 Å². The third-order valence-corrected chi connectivity index (χ3v) is 3.78. The van der Waals surface area contributed by atoms with Crippen LogP contribution in [0.1, 0.15) is 32.6 Å². The standard InChI is InChI=1S/C15H20ClNO2/c1-11-5-7-13(8-6-11)17-15(18)10-19-14-4-2-3-12(16)9-14/h2-4,9,11,13H,5-8,10H2,1H3,(H,17,18). The van der Waals surface area contributed by atoms with Gasteiger partial charge < -0.3 is 10.1 Å². The van der Waals surface area contributed by atoms with Crippen LogP contribution in [0.3, 0.4) is 0 Å². The molecule has 1 saturated carbocycles. The lowest BCUT2D eigenvalue weighted by Crippen LogP contribution is -2.39. The lowest BCUT2D eigenvalue weighted by molar-refractivity contribution is -0.124. The second-order valence-corrected chi connectivity index (χ2v) is 5.71. The first-order valence-corrected chi connectivity index (χ1v) is 7.19. The minimum atomic E-state index is -0.0560. The molecule has 0 aliphatic heterocycles. The molecule has 1 N–H and O–H groups in total. The van der Waals surface area contributed by atoms with Crippen molar-refractivity contribution >= 4 is 17.5 Å². The number of hydrogen-bond donors (Lipinski definition) is 1. The van der Waals surface area contributed by atoms with E-state index in [1.807, 2.05) is 0 Å². The minimum Gasteiger partial charge on any atom is -0.484 e. The summed E-state index contributed by atoms with van der Waals surface area (Å²) in [6.07, 6.45) is 4.54. The fraction of sp³-hybridized carbons (Fsp3) is 0.533. The van der Waals surface area contributed by atoms with Gasteiger partial charge in [0, 0.05) is 11.1 Å². The van der Waals surface area contributed by atoms with E-state index in [1.165, 1.54) is 12.8 Å². The summed E-state index contributed by atoms with van der Waals surface area (Å²) >= 11 is 5.85. The van der Waals surface area contributed by atoms with Gasteiger partial charge in [-0.15, -0.1) is 0 Å². The lowest BCUT2D eigenvalue weighted by Gasteiger charge is -2.26. The Labute approximate surface area is 119 Å². The summed E-state index contributed by atoms with van der Waals surface area (Å²) in [5.74, 6) is 1.36. The molecular formula is C15H20ClNO2. The minimum absolute atomic E-state index is 0.0480. The van der Waals surface area contributed by atoms with Crippen molar-refractivity contribution in [1.29, 1.82) is 0 Å². The molecule has 1 amide bonds. The van der Waals surface area contributed by atoms with Crippen molar-refractivity contribution in [2.24, 2.45) is 5.92 Å². The highest BCUT2D eigenvalue weighted by Gasteiger charge is 2.19. The van der Waals surface area contributed by atoms with Crippen LogP contribution in [0.4, 0.5) is 0 Å². The summed E-state index contributed by atoms with van der Waals surface area (Å²) in [6, 6.07) is 7.39. The second kappa shape index (κ2) is 6.80. The lowest BCUT2D eigenvalue weighted by atomic mass is 9.87. The largest absolute Gasteiger partial charge is 0.484 e. The monoisotopic (exact) mass is 281 g/mol. The predicted octanol–water partition coefficient (Wildman–Crippen LogP) is 3.41. The molecule has 1 aliphatic rings. The number of carbonyl (C=O) groups excluding carboxylic acids is 1. The molecule has 1 aliphatic carbocycles. The zero-order valence-corrected chi connectivity index (χ0v) is 12.0. The summed E-state index contributed by atoms with van der Waals surface area (Å²) < 4.78 is 5.41. The maximum Gasteiger partial charge on any atom is 0.258 e. The van der Waals surface area contributed by atoms with Crippen molar-refractivity contribution in [1.82, 2.24) is 5.32 Å². The maximum atomic E-state index is 11.8. The van der Waals surface area contributed by atoms with Crippen LogP contribution in [0.2, 0.25) is 5.02 Å². The molecule has 0 radical (unpaired) electrons. The molecule has 19 heavy (non-hydrogen) atoms. The molecule has 4 heteroatoms. The third kappa shape index (κ3) is 4.75. The van der Waals surface area contributed by atoms with E-state index in [-0.39, 0.29) is 12.5 Å². The highest BCUT2D eigenvalue weighted by atomic mass is 35.5. The van der Waals surface area contributed by atoms with E-state index in [1.54, 1.807) is 24.3 Å². The van der Waals surface area contributed by atoms with Crippen molar-refractivity contribution in [3.63, 3.8) is 0 Å². The predicted molar refractivity (Wildman–Crippen MR) is 76.5 cm³/mol. The molecule has 0 atom stereocenters. The molecule has 1 aromatic carbocycles. The molecule has 0 spiro atoms. The molecule has 0 bridgehead atoms. The zero-order chi connectivity index (χ0) is 13.7. The Morgan fingerprint density at radius 1 is 1.37 bits per heavy atom. The van der Waals surface area contributed by atoms with Crippen molar-refractivity contribution in [2.75, 3.05) is 6.61 Å². The SMILES string of the molecule is CC1CCC(NC(=O)COc2cccc(Cl)c2)CC1. The smallest absolute Gasteiger partial charge is 0.258 e. The Hall–Kier alpha value is -1.22. The van der Waals surface area contributed by atoms with Gasteiger partial charge in [0.05, 0.1) is 0 Å². The average Bonchev–Trinajstić information content (AvgIpc) is 2.39. The molecule has 0 heterocycles. The number of nitrogens with one attached hydrogen (secondary N) is 1. The Bertz CT molecular complexity index is 428. The number of rotatable bonds is 4. The second-order valence-electron chi connectivity index (χ2n) is 5.27. The highest BCUT2D eigenvalue weighted by molar-refractivity contribution is 6.30. The van der Waals surface area contributed by atoms with E-state index in [0.29, 0.717) is 16.8 Å². The average molecular weight is 282 g/mol. The topological polar surface area (TPSA) is 38.3 Å². The van der Waals surface area contributed by atoms with Crippen LogP contribution >= 0.6 is 11.6 Å². The molecular weight excluding hydrogens is 262 g/mol. The molecule has 0 saturated heterocycles. The summed E-state index contributed by atoms with van der Waals surface area (Å²) in [5.41, 5.74) is 0. The van der Waals surface area contributed by atoms with E-state index in [2.05, 4.69) is 12.2 Å². The molecule has 3 nitrogen and oxygen atoms in total. The van der Waals surface area contributed by atoms with Gasteiger partial charge in [-0.25, -0.2) is 0 Å². The van der Waals surface area contributed by atoms with Crippen LogP contribution in [0.15, 0.2) is 24.3 Å². The van der Waals surface area contributed by atoms with Crippen molar-refractivity contribution in [3.05, 3.63) is 29.3 Å². The van der Waals surface area contributed by atoms with Crippen LogP contribution in [0, 0.1) is 5.92 Å². The number of amides is 1. The van der Waals surface area contributed by atoms with Gasteiger partial charge in [-0.3, -0.25) is 4.79 Å². The van der Waals surface area contributed by atoms with E-state index in [0.717, 1.165) is 18.8 Å². The van der Waals surface area contributed by atoms with E-state index < -0.39 is 0 Å². The van der Waals surface area contributed by atoms with Gasteiger partial charge in [0.1, 0.15) is 5.75 Å². The van der Waals surface area contributed by atoms with Crippen molar-refractivity contribution in [3.8, 4) is 5.75 Å². The van der Waals surface area contributed by atoms with E-state index in [4.69, 9.17) is 16.3 Å².